The third kappa shape index (κ3) is 2.43. The lowest BCUT2D eigenvalue weighted by Crippen LogP contribution is -2.12. The molecule has 0 saturated carbocycles. The first-order chi connectivity index (χ1) is 8.24. The van der Waals surface area contributed by atoms with Gasteiger partial charge in [-0.25, -0.2) is 4.79 Å². The fourth-order valence-corrected chi connectivity index (χ4v) is 1.73. The zero-order valence-corrected chi connectivity index (χ0v) is 9.86. The highest BCUT2D eigenvalue weighted by molar-refractivity contribution is 5.69. The molecule has 1 amide bonds. The van der Waals surface area contributed by atoms with Crippen molar-refractivity contribution >= 4 is 6.09 Å². The Morgan fingerprint density at radius 3 is 2.88 bits per heavy atom. The molecule has 1 saturated heterocycles. The Bertz CT molecular complexity index is 419. The van der Waals surface area contributed by atoms with Gasteiger partial charge in [-0.2, -0.15) is 0 Å². The summed E-state index contributed by atoms with van der Waals surface area (Å²) in [6.45, 7) is 2.97. The van der Waals surface area contributed by atoms with Crippen LogP contribution in [0.25, 0.3) is 0 Å². The number of carbonyl (C=O) groups excluding carboxylic acids is 1. The first-order valence-corrected chi connectivity index (χ1v) is 5.49. The number of benzene rings is 1. The van der Waals surface area contributed by atoms with Crippen LogP contribution >= 0.6 is 0 Å². The molecular weight excluding hydrogens is 222 g/mol. The van der Waals surface area contributed by atoms with Gasteiger partial charge in [-0.3, -0.25) is 0 Å². The van der Waals surface area contributed by atoms with Gasteiger partial charge in [-0.05, 0) is 24.6 Å². The lowest BCUT2D eigenvalue weighted by atomic mass is 10.1. The summed E-state index contributed by atoms with van der Waals surface area (Å²) in [5.41, 5.74) is 0.892. The van der Waals surface area contributed by atoms with E-state index in [4.69, 9.17) is 14.2 Å². The van der Waals surface area contributed by atoms with E-state index in [9.17, 15) is 4.79 Å². The Labute approximate surface area is 99.7 Å². The summed E-state index contributed by atoms with van der Waals surface area (Å²) in [5.74, 6) is 1.34. The number of hydrogen-bond acceptors (Lipinski definition) is 4. The van der Waals surface area contributed by atoms with Gasteiger partial charge in [0.25, 0.3) is 0 Å². The quantitative estimate of drug-likeness (QED) is 0.868. The van der Waals surface area contributed by atoms with Crippen molar-refractivity contribution < 1.29 is 19.0 Å². The molecule has 0 spiro atoms. The maximum absolute atomic E-state index is 11.0. The van der Waals surface area contributed by atoms with Crippen LogP contribution in [0, 0.1) is 0 Å². The summed E-state index contributed by atoms with van der Waals surface area (Å²) >= 11 is 0. The molecule has 92 valence electrons. The second-order valence-corrected chi connectivity index (χ2v) is 3.62. The van der Waals surface area contributed by atoms with Crippen molar-refractivity contribution in [2.45, 2.75) is 13.0 Å². The lowest BCUT2D eigenvalue weighted by Gasteiger charge is -2.13. The van der Waals surface area contributed by atoms with Crippen LogP contribution in [0.5, 0.6) is 11.5 Å². The molecule has 1 fully saturated rings. The van der Waals surface area contributed by atoms with Crippen LogP contribution < -0.4 is 14.8 Å². The van der Waals surface area contributed by atoms with Gasteiger partial charge in [0, 0.05) is 0 Å². The fraction of sp³-hybridized carbons (Fsp3) is 0.417. The summed E-state index contributed by atoms with van der Waals surface area (Å²) in [6, 6.07) is 5.53. The molecule has 5 nitrogen and oxygen atoms in total. The van der Waals surface area contributed by atoms with Gasteiger partial charge in [-0.1, -0.05) is 6.07 Å². The smallest absolute Gasteiger partial charge is 0.407 e. The Morgan fingerprint density at radius 1 is 1.47 bits per heavy atom. The summed E-state index contributed by atoms with van der Waals surface area (Å²) in [6.07, 6.45) is -0.644. The molecule has 1 heterocycles. The van der Waals surface area contributed by atoms with Gasteiger partial charge in [-0.15, -0.1) is 0 Å². The van der Waals surface area contributed by atoms with Crippen molar-refractivity contribution in [1.29, 1.82) is 0 Å². The molecule has 5 heteroatoms. The molecule has 1 aromatic rings. The summed E-state index contributed by atoms with van der Waals surface area (Å²) < 4.78 is 15.8. The highest BCUT2D eigenvalue weighted by Gasteiger charge is 2.24. The molecule has 1 N–H and O–H groups in total. The molecular formula is C12H15NO4. The van der Waals surface area contributed by atoms with Gasteiger partial charge < -0.3 is 19.5 Å². The number of alkyl carbamates (subject to hydrolysis) is 1. The van der Waals surface area contributed by atoms with Gasteiger partial charge in [0.15, 0.2) is 11.5 Å². The minimum absolute atomic E-state index is 0.257. The minimum atomic E-state index is -0.386. The third-order valence-electron chi connectivity index (χ3n) is 2.54. The number of nitrogens with one attached hydrogen (secondary N) is 1. The van der Waals surface area contributed by atoms with Crippen LogP contribution in [0.4, 0.5) is 4.79 Å². The summed E-state index contributed by atoms with van der Waals surface area (Å²) in [5, 5.41) is 2.61. The molecule has 1 unspecified atom stereocenters. The number of hydrogen-bond donors (Lipinski definition) is 1. The van der Waals surface area contributed by atoms with E-state index < -0.39 is 0 Å². The number of carbonyl (C=O) groups is 1. The Kier molecular flexibility index (Phi) is 3.37. The molecule has 17 heavy (non-hydrogen) atoms. The monoisotopic (exact) mass is 237 g/mol. The Balaban J connectivity index is 2.22. The summed E-state index contributed by atoms with van der Waals surface area (Å²) in [7, 11) is 1.58. The van der Waals surface area contributed by atoms with E-state index in [-0.39, 0.29) is 12.2 Å². The topological polar surface area (TPSA) is 56.8 Å². The molecule has 1 aromatic carbocycles. The third-order valence-corrected chi connectivity index (χ3v) is 2.54. The molecule has 0 aromatic heterocycles. The van der Waals surface area contributed by atoms with E-state index in [2.05, 4.69) is 5.32 Å². The van der Waals surface area contributed by atoms with E-state index >= 15 is 0 Å². The van der Waals surface area contributed by atoms with E-state index in [0.29, 0.717) is 24.7 Å². The average molecular weight is 237 g/mol. The highest BCUT2D eigenvalue weighted by Crippen LogP contribution is 2.32. The van der Waals surface area contributed by atoms with E-state index in [1.807, 2.05) is 25.1 Å². The Morgan fingerprint density at radius 2 is 2.29 bits per heavy atom. The van der Waals surface area contributed by atoms with Crippen LogP contribution in [0.15, 0.2) is 18.2 Å². The van der Waals surface area contributed by atoms with Crippen LogP contribution in [0.2, 0.25) is 0 Å². The Hall–Kier alpha value is -1.91. The second-order valence-electron chi connectivity index (χ2n) is 3.62. The molecule has 0 aliphatic carbocycles. The first-order valence-electron chi connectivity index (χ1n) is 5.49. The van der Waals surface area contributed by atoms with Crippen molar-refractivity contribution in [2.75, 3.05) is 20.3 Å². The van der Waals surface area contributed by atoms with E-state index in [0.717, 1.165) is 5.56 Å². The van der Waals surface area contributed by atoms with Crippen molar-refractivity contribution in [3.63, 3.8) is 0 Å². The van der Waals surface area contributed by atoms with Crippen molar-refractivity contribution in [2.24, 2.45) is 0 Å². The van der Waals surface area contributed by atoms with E-state index in [1.54, 1.807) is 7.11 Å². The van der Waals surface area contributed by atoms with Crippen molar-refractivity contribution in [1.82, 2.24) is 5.32 Å². The number of cyclic esters (lactones) is 1. The fourth-order valence-electron chi connectivity index (χ4n) is 1.73. The van der Waals surface area contributed by atoms with Gasteiger partial charge in [0.2, 0.25) is 0 Å². The molecule has 0 radical (unpaired) electrons. The highest BCUT2D eigenvalue weighted by atomic mass is 16.6. The molecule has 0 bridgehead atoms. The predicted molar refractivity (Wildman–Crippen MR) is 61.4 cm³/mol. The average Bonchev–Trinajstić information content (AvgIpc) is 2.77. The molecule has 1 aliphatic heterocycles. The van der Waals surface area contributed by atoms with Gasteiger partial charge in [0.1, 0.15) is 6.10 Å². The van der Waals surface area contributed by atoms with Crippen molar-refractivity contribution in [3.05, 3.63) is 23.8 Å². The molecule has 2 rings (SSSR count). The number of ether oxygens (including phenoxy) is 3. The number of methoxy groups -OCH3 is 1. The van der Waals surface area contributed by atoms with Gasteiger partial charge in [0.05, 0.1) is 20.3 Å². The van der Waals surface area contributed by atoms with E-state index in [1.165, 1.54) is 0 Å². The van der Waals surface area contributed by atoms with Crippen LogP contribution in [-0.4, -0.2) is 26.4 Å². The summed E-state index contributed by atoms with van der Waals surface area (Å²) in [4.78, 5) is 11.0. The van der Waals surface area contributed by atoms with Gasteiger partial charge >= 0.3 is 6.09 Å². The number of amides is 1. The first kappa shape index (κ1) is 11.6. The molecule has 1 aliphatic rings. The standard InChI is InChI=1S/C12H15NO4/c1-3-16-9-5-4-8(6-10(9)15-2)11-7-13-12(14)17-11/h4-6,11H,3,7H2,1-2H3,(H,13,14). The van der Waals surface area contributed by atoms with Crippen LogP contribution in [0.3, 0.4) is 0 Å². The maximum atomic E-state index is 11.0. The SMILES string of the molecule is CCOc1ccc(C2CNC(=O)O2)cc1OC. The normalized spacial score (nSPS) is 18.5. The second kappa shape index (κ2) is 4.95. The zero-order valence-electron chi connectivity index (χ0n) is 9.86. The molecule has 1 atom stereocenters. The van der Waals surface area contributed by atoms with Crippen LogP contribution in [0.1, 0.15) is 18.6 Å². The number of rotatable bonds is 4. The zero-order chi connectivity index (χ0) is 12.3. The maximum Gasteiger partial charge on any atom is 0.407 e. The van der Waals surface area contributed by atoms with Crippen LogP contribution in [-0.2, 0) is 4.74 Å². The minimum Gasteiger partial charge on any atom is -0.493 e. The lowest BCUT2D eigenvalue weighted by molar-refractivity contribution is 0.141. The predicted octanol–water partition coefficient (Wildman–Crippen LogP) is 1.87. The largest absolute Gasteiger partial charge is 0.493 e. The van der Waals surface area contributed by atoms with Crippen molar-refractivity contribution in [3.8, 4) is 11.5 Å².